The summed E-state index contributed by atoms with van der Waals surface area (Å²) >= 11 is 1.65. The molecule has 1 aromatic carbocycles. The van der Waals surface area contributed by atoms with Crippen molar-refractivity contribution in [3.05, 3.63) is 35.2 Å². The molecule has 6 nitrogen and oxygen atoms in total. The van der Waals surface area contributed by atoms with Gasteiger partial charge in [-0.1, -0.05) is 12.1 Å². The van der Waals surface area contributed by atoms with E-state index in [1.165, 1.54) is 0 Å². The number of hydrogen-bond acceptors (Lipinski definition) is 5. The van der Waals surface area contributed by atoms with Gasteiger partial charge in [0.1, 0.15) is 16.7 Å². The first kappa shape index (κ1) is 20.5. The number of carbonyl (C=O) groups is 2. The maximum absolute atomic E-state index is 12.6. The Morgan fingerprint density at radius 2 is 1.68 bits per heavy atom. The summed E-state index contributed by atoms with van der Waals surface area (Å²) < 4.78 is 12.1. The second-order valence-electron chi connectivity index (χ2n) is 9.18. The molecule has 1 fully saturated rings. The van der Waals surface area contributed by atoms with Gasteiger partial charge in [-0.25, -0.2) is 9.59 Å². The third-order valence-corrected chi connectivity index (χ3v) is 5.21. The van der Waals surface area contributed by atoms with Gasteiger partial charge < -0.3 is 19.7 Å². The van der Waals surface area contributed by atoms with E-state index in [4.69, 9.17) is 9.47 Å². The molecule has 0 radical (unpaired) electrons. The predicted molar refractivity (Wildman–Crippen MR) is 111 cm³/mol. The number of benzene rings is 1. The number of carbonyl (C=O) groups excluding carboxylic acids is 2. The summed E-state index contributed by atoms with van der Waals surface area (Å²) in [5.41, 5.74) is -0.896. The zero-order valence-corrected chi connectivity index (χ0v) is 18.1. The standard InChI is InChI=1S/C21H28N2O4S/c1-19(2,3)26-17(24)22-21(12-23(13-21)18(25)27-20(4,5)6)15-8-7-9-16-14(15)10-11-28-16/h7-11H,12-13H2,1-6H3,(H,22,24). The molecule has 152 valence electrons. The molecule has 1 N–H and O–H groups in total. The Bertz CT molecular complexity index is 886. The lowest BCUT2D eigenvalue weighted by molar-refractivity contribution is -0.0226. The van der Waals surface area contributed by atoms with Gasteiger partial charge in [0, 0.05) is 4.70 Å². The van der Waals surface area contributed by atoms with Gasteiger partial charge >= 0.3 is 12.2 Å². The molecule has 28 heavy (non-hydrogen) atoms. The van der Waals surface area contributed by atoms with Crippen molar-refractivity contribution in [1.29, 1.82) is 0 Å². The predicted octanol–water partition coefficient (Wildman–Crippen LogP) is 4.87. The first-order chi connectivity index (χ1) is 12.9. The SMILES string of the molecule is CC(C)(C)OC(=O)NC1(c2cccc3sccc23)CN(C(=O)OC(C)(C)C)C1. The molecule has 1 aliphatic rings. The van der Waals surface area contributed by atoms with Gasteiger partial charge in [0.15, 0.2) is 0 Å². The Balaban J connectivity index is 1.88. The Morgan fingerprint density at radius 1 is 1.04 bits per heavy atom. The number of hydrogen-bond donors (Lipinski definition) is 1. The summed E-state index contributed by atoms with van der Waals surface area (Å²) in [6.45, 7) is 11.6. The molecule has 3 rings (SSSR count). The van der Waals surface area contributed by atoms with Gasteiger partial charge in [-0.15, -0.1) is 11.3 Å². The largest absolute Gasteiger partial charge is 0.444 e. The van der Waals surface area contributed by atoms with Crippen molar-refractivity contribution in [2.75, 3.05) is 13.1 Å². The maximum atomic E-state index is 12.6. The monoisotopic (exact) mass is 404 g/mol. The summed E-state index contributed by atoms with van der Waals surface area (Å²) in [4.78, 5) is 26.6. The summed E-state index contributed by atoms with van der Waals surface area (Å²) in [6.07, 6.45) is -0.879. The van der Waals surface area contributed by atoms with Crippen LogP contribution in [0.1, 0.15) is 47.1 Å². The van der Waals surface area contributed by atoms with Crippen molar-refractivity contribution in [2.24, 2.45) is 0 Å². The average Bonchev–Trinajstić information content (AvgIpc) is 2.95. The summed E-state index contributed by atoms with van der Waals surface area (Å²) in [6, 6.07) is 8.07. The lowest BCUT2D eigenvalue weighted by Crippen LogP contribution is -2.69. The van der Waals surface area contributed by atoms with E-state index in [1.54, 1.807) is 16.2 Å². The Hall–Kier alpha value is -2.28. The fourth-order valence-electron chi connectivity index (χ4n) is 3.29. The molecule has 0 spiro atoms. The molecule has 2 heterocycles. The van der Waals surface area contributed by atoms with E-state index in [9.17, 15) is 9.59 Å². The highest BCUT2D eigenvalue weighted by molar-refractivity contribution is 7.17. The van der Waals surface area contributed by atoms with E-state index in [1.807, 2.05) is 65.1 Å². The molecular weight excluding hydrogens is 376 g/mol. The van der Waals surface area contributed by atoms with Crippen LogP contribution in [0.2, 0.25) is 0 Å². The molecular formula is C21H28N2O4S. The minimum absolute atomic E-state index is 0.329. The first-order valence-electron chi connectivity index (χ1n) is 9.34. The van der Waals surface area contributed by atoms with Crippen LogP contribution in [0.3, 0.4) is 0 Å². The van der Waals surface area contributed by atoms with E-state index >= 15 is 0 Å². The third kappa shape index (κ3) is 4.41. The van der Waals surface area contributed by atoms with E-state index < -0.39 is 22.8 Å². The molecule has 0 aliphatic carbocycles. The van der Waals surface area contributed by atoms with Crippen LogP contribution in [-0.4, -0.2) is 41.4 Å². The van der Waals surface area contributed by atoms with Crippen molar-refractivity contribution < 1.29 is 19.1 Å². The summed E-state index contributed by atoms with van der Waals surface area (Å²) in [5.74, 6) is 0. The highest BCUT2D eigenvalue weighted by Gasteiger charge is 2.50. The lowest BCUT2D eigenvalue weighted by atomic mass is 9.81. The second-order valence-corrected chi connectivity index (χ2v) is 10.1. The maximum Gasteiger partial charge on any atom is 0.410 e. The van der Waals surface area contributed by atoms with Crippen LogP contribution in [0.4, 0.5) is 9.59 Å². The van der Waals surface area contributed by atoms with E-state index in [0.29, 0.717) is 13.1 Å². The zero-order valence-electron chi connectivity index (χ0n) is 17.3. The minimum atomic E-state index is -0.709. The van der Waals surface area contributed by atoms with Gasteiger partial charge in [0.05, 0.1) is 13.1 Å². The fourth-order valence-corrected chi connectivity index (χ4v) is 4.10. The molecule has 7 heteroatoms. The van der Waals surface area contributed by atoms with Gasteiger partial charge in [-0.2, -0.15) is 0 Å². The molecule has 1 saturated heterocycles. The van der Waals surface area contributed by atoms with Crippen LogP contribution in [0.15, 0.2) is 29.6 Å². The van der Waals surface area contributed by atoms with Crippen molar-refractivity contribution in [3.8, 4) is 0 Å². The molecule has 0 unspecified atom stereocenters. The van der Waals surface area contributed by atoms with Gasteiger partial charge in [0.25, 0.3) is 0 Å². The first-order valence-corrected chi connectivity index (χ1v) is 10.2. The topological polar surface area (TPSA) is 67.9 Å². The number of fused-ring (bicyclic) bond motifs is 1. The van der Waals surface area contributed by atoms with Gasteiger partial charge in [-0.3, -0.25) is 0 Å². The highest BCUT2D eigenvalue weighted by atomic mass is 32.1. The number of ether oxygens (including phenoxy) is 2. The fraction of sp³-hybridized carbons (Fsp3) is 0.524. The van der Waals surface area contributed by atoms with Crippen LogP contribution >= 0.6 is 11.3 Å². The summed E-state index contributed by atoms with van der Waals surface area (Å²) in [7, 11) is 0. The number of nitrogens with zero attached hydrogens (tertiary/aromatic N) is 1. The van der Waals surface area contributed by atoms with Gasteiger partial charge in [-0.05, 0) is 70.0 Å². The van der Waals surface area contributed by atoms with Crippen molar-refractivity contribution in [3.63, 3.8) is 0 Å². The van der Waals surface area contributed by atoms with Crippen molar-refractivity contribution in [2.45, 2.75) is 58.3 Å². The molecule has 1 aromatic heterocycles. The molecule has 2 aromatic rings. The molecule has 1 aliphatic heterocycles. The molecule has 0 atom stereocenters. The Morgan fingerprint density at radius 3 is 2.29 bits per heavy atom. The number of alkyl carbamates (subject to hydrolysis) is 1. The van der Waals surface area contributed by atoms with Gasteiger partial charge in [0.2, 0.25) is 0 Å². The average molecular weight is 405 g/mol. The number of nitrogens with one attached hydrogen (secondary N) is 1. The minimum Gasteiger partial charge on any atom is -0.444 e. The zero-order chi connectivity index (χ0) is 20.7. The van der Waals surface area contributed by atoms with E-state index in [2.05, 4.69) is 11.4 Å². The lowest BCUT2D eigenvalue weighted by Gasteiger charge is -2.50. The van der Waals surface area contributed by atoms with Crippen LogP contribution in [-0.2, 0) is 15.0 Å². The normalized spacial score (nSPS) is 16.4. The second kappa shape index (κ2) is 6.95. The molecule has 0 bridgehead atoms. The Kier molecular flexibility index (Phi) is 5.08. The van der Waals surface area contributed by atoms with Crippen LogP contribution in [0.25, 0.3) is 10.1 Å². The third-order valence-electron chi connectivity index (χ3n) is 4.32. The number of rotatable bonds is 2. The van der Waals surface area contributed by atoms with E-state index in [-0.39, 0.29) is 6.09 Å². The van der Waals surface area contributed by atoms with E-state index in [0.717, 1.165) is 15.6 Å². The number of thiophene rings is 1. The highest BCUT2D eigenvalue weighted by Crippen LogP contribution is 2.38. The number of likely N-dealkylation sites (tertiary alicyclic amines) is 1. The van der Waals surface area contributed by atoms with Crippen LogP contribution < -0.4 is 5.32 Å². The molecule has 2 amide bonds. The number of amides is 2. The molecule has 0 saturated carbocycles. The van der Waals surface area contributed by atoms with Crippen LogP contribution in [0.5, 0.6) is 0 Å². The van der Waals surface area contributed by atoms with Crippen molar-refractivity contribution in [1.82, 2.24) is 10.2 Å². The van der Waals surface area contributed by atoms with Crippen LogP contribution in [0, 0.1) is 0 Å². The van der Waals surface area contributed by atoms with Crippen molar-refractivity contribution >= 4 is 33.6 Å². The smallest absolute Gasteiger partial charge is 0.410 e. The summed E-state index contributed by atoms with van der Waals surface area (Å²) in [5, 5.41) is 6.13. The quantitative estimate of drug-likeness (QED) is 0.775. The Labute approximate surface area is 169 Å².